The first-order valence-electron chi connectivity index (χ1n) is 8.79. The smallest absolute Gasteiger partial charge is 0.199 e. The number of pyridine rings is 1. The standard InChI is InChI=1S/C19H22N6S/c1-22-18(16-7-9-20-10-8-16)21-25(19(22)26)15-23-11-13-24(14-12-23)17-5-3-2-4-6-17/h2-10H,11-15H2,1H3. The Balaban J connectivity index is 1.45. The highest BCUT2D eigenvalue weighted by atomic mass is 32.1. The quantitative estimate of drug-likeness (QED) is 0.664. The zero-order valence-electron chi connectivity index (χ0n) is 14.8. The van der Waals surface area contributed by atoms with Crippen molar-refractivity contribution in [3.8, 4) is 11.4 Å². The topological polar surface area (TPSA) is 42.1 Å². The minimum atomic E-state index is 0.723. The maximum atomic E-state index is 5.59. The number of aromatic nitrogens is 4. The van der Waals surface area contributed by atoms with E-state index in [1.165, 1.54) is 5.69 Å². The zero-order valence-corrected chi connectivity index (χ0v) is 15.6. The van der Waals surface area contributed by atoms with Gasteiger partial charge in [-0.25, -0.2) is 4.68 Å². The number of hydrogen-bond acceptors (Lipinski definition) is 5. The van der Waals surface area contributed by atoms with Gasteiger partial charge in [-0.05, 0) is 36.5 Å². The Hall–Kier alpha value is -2.51. The van der Waals surface area contributed by atoms with Crippen LogP contribution in [-0.4, -0.2) is 50.4 Å². The number of benzene rings is 1. The molecule has 0 bridgehead atoms. The second-order valence-electron chi connectivity index (χ2n) is 6.48. The van der Waals surface area contributed by atoms with Gasteiger partial charge in [-0.3, -0.25) is 9.88 Å². The van der Waals surface area contributed by atoms with Crippen LogP contribution in [0.5, 0.6) is 0 Å². The third kappa shape index (κ3) is 3.40. The predicted molar refractivity (Wildman–Crippen MR) is 105 cm³/mol. The molecule has 26 heavy (non-hydrogen) atoms. The molecule has 0 amide bonds. The van der Waals surface area contributed by atoms with Gasteiger partial charge in [-0.1, -0.05) is 18.2 Å². The summed E-state index contributed by atoms with van der Waals surface area (Å²) in [7, 11) is 1.97. The SMILES string of the molecule is Cn1c(-c2ccncc2)nn(CN2CCN(c3ccccc3)CC2)c1=S. The second kappa shape index (κ2) is 7.39. The molecule has 0 atom stereocenters. The van der Waals surface area contributed by atoms with Crippen molar-refractivity contribution < 1.29 is 0 Å². The molecule has 0 N–H and O–H groups in total. The van der Waals surface area contributed by atoms with Crippen molar-refractivity contribution in [3.05, 3.63) is 59.6 Å². The molecule has 0 saturated carbocycles. The summed E-state index contributed by atoms with van der Waals surface area (Å²) in [6, 6.07) is 14.5. The van der Waals surface area contributed by atoms with Gasteiger partial charge in [-0.2, -0.15) is 5.10 Å². The van der Waals surface area contributed by atoms with Crippen molar-refractivity contribution in [1.29, 1.82) is 0 Å². The molecule has 7 heteroatoms. The van der Waals surface area contributed by atoms with Crippen molar-refractivity contribution >= 4 is 17.9 Å². The van der Waals surface area contributed by atoms with E-state index in [0.29, 0.717) is 0 Å². The highest BCUT2D eigenvalue weighted by Crippen LogP contribution is 2.18. The maximum absolute atomic E-state index is 5.59. The summed E-state index contributed by atoms with van der Waals surface area (Å²) < 4.78 is 4.62. The van der Waals surface area contributed by atoms with Crippen LogP contribution in [0.4, 0.5) is 5.69 Å². The largest absolute Gasteiger partial charge is 0.369 e. The monoisotopic (exact) mass is 366 g/mol. The molecule has 0 unspecified atom stereocenters. The lowest BCUT2D eigenvalue weighted by Gasteiger charge is -2.35. The molecule has 0 spiro atoms. The number of rotatable bonds is 4. The van der Waals surface area contributed by atoms with E-state index >= 15 is 0 Å². The number of para-hydroxylation sites is 1. The minimum Gasteiger partial charge on any atom is -0.369 e. The van der Waals surface area contributed by atoms with Crippen molar-refractivity contribution in [2.45, 2.75) is 6.67 Å². The van der Waals surface area contributed by atoms with Gasteiger partial charge in [0, 0.05) is 56.9 Å². The molecule has 2 aromatic heterocycles. The maximum Gasteiger partial charge on any atom is 0.199 e. The molecule has 134 valence electrons. The Morgan fingerprint density at radius 2 is 1.65 bits per heavy atom. The van der Waals surface area contributed by atoms with Gasteiger partial charge in [-0.15, -0.1) is 0 Å². The van der Waals surface area contributed by atoms with Gasteiger partial charge >= 0.3 is 0 Å². The molecular formula is C19H22N6S. The van der Waals surface area contributed by atoms with E-state index in [2.05, 4.69) is 45.1 Å². The first-order chi connectivity index (χ1) is 12.7. The van der Waals surface area contributed by atoms with Crippen LogP contribution < -0.4 is 4.90 Å². The van der Waals surface area contributed by atoms with Crippen LogP contribution in [0.3, 0.4) is 0 Å². The molecular weight excluding hydrogens is 344 g/mol. The zero-order chi connectivity index (χ0) is 17.9. The molecule has 0 radical (unpaired) electrons. The Bertz CT molecular complexity index is 910. The first kappa shape index (κ1) is 16.9. The molecule has 1 saturated heterocycles. The lowest BCUT2D eigenvalue weighted by Crippen LogP contribution is -2.47. The minimum absolute atomic E-state index is 0.723. The molecule has 4 rings (SSSR count). The predicted octanol–water partition coefficient (Wildman–Crippen LogP) is 2.79. The van der Waals surface area contributed by atoms with Gasteiger partial charge in [0.2, 0.25) is 0 Å². The van der Waals surface area contributed by atoms with Crippen LogP contribution in [0.1, 0.15) is 0 Å². The average Bonchev–Trinajstić information content (AvgIpc) is 2.98. The lowest BCUT2D eigenvalue weighted by molar-refractivity contribution is 0.194. The number of hydrogen-bond donors (Lipinski definition) is 0. The summed E-state index contributed by atoms with van der Waals surface area (Å²) in [5.41, 5.74) is 2.32. The average molecular weight is 366 g/mol. The van der Waals surface area contributed by atoms with Gasteiger partial charge in [0.1, 0.15) is 0 Å². The summed E-state index contributed by atoms with van der Waals surface area (Å²) in [4.78, 5) is 8.90. The van der Waals surface area contributed by atoms with E-state index in [0.717, 1.165) is 49.0 Å². The van der Waals surface area contributed by atoms with E-state index in [1.807, 2.05) is 28.4 Å². The van der Waals surface area contributed by atoms with E-state index in [9.17, 15) is 0 Å². The molecule has 1 fully saturated rings. The Morgan fingerprint density at radius 3 is 2.35 bits per heavy atom. The van der Waals surface area contributed by atoms with E-state index in [1.54, 1.807) is 12.4 Å². The summed E-state index contributed by atoms with van der Waals surface area (Å²) in [6.07, 6.45) is 3.56. The Labute approximate surface area is 158 Å². The van der Waals surface area contributed by atoms with E-state index in [4.69, 9.17) is 17.3 Å². The molecule has 3 heterocycles. The van der Waals surface area contributed by atoms with Gasteiger partial charge in [0.25, 0.3) is 0 Å². The molecule has 3 aromatic rings. The van der Waals surface area contributed by atoms with Crippen molar-refractivity contribution in [3.63, 3.8) is 0 Å². The molecule has 1 aliphatic heterocycles. The highest BCUT2D eigenvalue weighted by Gasteiger charge is 2.19. The Kier molecular flexibility index (Phi) is 4.81. The van der Waals surface area contributed by atoms with Crippen molar-refractivity contribution in [1.82, 2.24) is 24.2 Å². The fourth-order valence-electron chi connectivity index (χ4n) is 3.31. The van der Waals surface area contributed by atoms with Crippen LogP contribution in [0.15, 0.2) is 54.9 Å². The molecule has 6 nitrogen and oxygen atoms in total. The van der Waals surface area contributed by atoms with Crippen LogP contribution in [-0.2, 0) is 13.7 Å². The van der Waals surface area contributed by atoms with Crippen LogP contribution >= 0.6 is 12.2 Å². The number of anilines is 1. The van der Waals surface area contributed by atoms with Crippen LogP contribution in [0.25, 0.3) is 11.4 Å². The summed E-state index contributed by atoms with van der Waals surface area (Å²) in [6.45, 7) is 4.75. The van der Waals surface area contributed by atoms with E-state index < -0.39 is 0 Å². The highest BCUT2D eigenvalue weighted by molar-refractivity contribution is 7.71. The normalized spacial score (nSPS) is 15.3. The molecule has 1 aliphatic rings. The van der Waals surface area contributed by atoms with Gasteiger partial charge in [0.15, 0.2) is 10.6 Å². The summed E-state index contributed by atoms with van der Waals surface area (Å²) >= 11 is 5.59. The fourth-order valence-corrected chi connectivity index (χ4v) is 3.49. The van der Waals surface area contributed by atoms with Crippen LogP contribution in [0, 0.1) is 4.77 Å². The third-order valence-corrected chi connectivity index (χ3v) is 5.29. The number of nitrogens with zero attached hydrogens (tertiary/aromatic N) is 6. The summed E-state index contributed by atoms with van der Waals surface area (Å²) in [5, 5.41) is 4.74. The Morgan fingerprint density at radius 1 is 0.962 bits per heavy atom. The van der Waals surface area contributed by atoms with Crippen molar-refractivity contribution in [2.75, 3.05) is 31.1 Å². The van der Waals surface area contributed by atoms with E-state index in [-0.39, 0.29) is 0 Å². The third-order valence-electron chi connectivity index (χ3n) is 4.81. The fraction of sp³-hybridized carbons (Fsp3) is 0.316. The molecule has 0 aliphatic carbocycles. The van der Waals surface area contributed by atoms with Gasteiger partial charge < -0.3 is 9.47 Å². The van der Waals surface area contributed by atoms with Crippen LogP contribution in [0.2, 0.25) is 0 Å². The summed E-state index contributed by atoms with van der Waals surface area (Å²) in [5.74, 6) is 0.875. The lowest BCUT2D eigenvalue weighted by atomic mass is 10.2. The second-order valence-corrected chi connectivity index (χ2v) is 6.85. The molecule has 1 aromatic carbocycles. The van der Waals surface area contributed by atoms with Crippen molar-refractivity contribution in [2.24, 2.45) is 7.05 Å². The van der Waals surface area contributed by atoms with Gasteiger partial charge in [0.05, 0.1) is 6.67 Å². The first-order valence-corrected chi connectivity index (χ1v) is 9.20. The number of piperazine rings is 1.